The lowest BCUT2D eigenvalue weighted by atomic mass is 10.2. The molecule has 1 aliphatic rings. The van der Waals surface area contributed by atoms with E-state index >= 15 is 0 Å². The van der Waals surface area contributed by atoms with Crippen LogP contribution in [0.4, 0.5) is 5.69 Å². The van der Waals surface area contributed by atoms with Gasteiger partial charge in [0.1, 0.15) is 17.5 Å². The second kappa shape index (κ2) is 12.5. The molecule has 2 unspecified atom stereocenters. The van der Waals surface area contributed by atoms with Crippen LogP contribution in [0.3, 0.4) is 0 Å². The summed E-state index contributed by atoms with van der Waals surface area (Å²) in [5.74, 6) is -0.374. The summed E-state index contributed by atoms with van der Waals surface area (Å²) in [6.07, 6.45) is 2.72. The summed E-state index contributed by atoms with van der Waals surface area (Å²) in [4.78, 5) is 27.1. The molecule has 2 aromatic rings. The number of nitrogens with zero attached hydrogens (tertiary/aromatic N) is 1. The monoisotopic (exact) mass is 402 g/mol. The Kier molecular flexibility index (Phi) is 10.4. The molecular formula is C22H30N2O5. The van der Waals surface area contributed by atoms with Crippen molar-refractivity contribution in [3.63, 3.8) is 0 Å². The van der Waals surface area contributed by atoms with Crippen LogP contribution < -0.4 is 5.32 Å². The van der Waals surface area contributed by atoms with Gasteiger partial charge in [-0.2, -0.15) is 0 Å². The number of hydrogen-bond donors (Lipinski definition) is 2. The number of phenols is 1. The first-order valence-corrected chi connectivity index (χ1v) is 9.66. The molecule has 1 aliphatic heterocycles. The molecule has 2 heterocycles. The van der Waals surface area contributed by atoms with Crippen molar-refractivity contribution >= 4 is 17.6 Å². The van der Waals surface area contributed by atoms with Crippen LogP contribution in [0.25, 0.3) is 0 Å². The van der Waals surface area contributed by atoms with Gasteiger partial charge in [-0.3, -0.25) is 4.79 Å². The summed E-state index contributed by atoms with van der Waals surface area (Å²) >= 11 is 0. The number of para-hydroxylation sites is 1. The molecule has 1 fully saturated rings. The van der Waals surface area contributed by atoms with Crippen molar-refractivity contribution in [3.05, 3.63) is 53.9 Å². The topological polar surface area (TPSA) is 97.8 Å². The number of pyridine rings is 1. The highest BCUT2D eigenvalue weighted by atomic mass is 16.5. The molecule has 0 saturated carbocycles. The Labute approximate surface area is 172 Å². The minimum atomic E-state index is -0.540. The normalized spacial score (nSPS) is 17.1. The van der Waals surface area contributed by atoms with Crippen LogP contribution in [0.5, 0.6) is 5.75 Å². The molecule has 7 nitrogen and oxygen atoms in total. The summed E-state index contributed by atoms with van der Waals surface area (Å²) in [5.41, 5.74) is 1.58. The van der Waals surface area contributed by atoms with Crippen molar-refractivity contribution in [2.24, 2.45) is 0 Å². The third kappa shape index (κ3) is 7.91. The van der Waals surface area contributed by atoms with Crippen molar-refractivity contribution in [2.45, 2.75) is 52.7 Å². The molecule has 0 spiro atoms. The lowest BCUT2D eigenvalue weighted by Crippen LogP contribution is -2.27. The van der Waals surface area contributed by atoms with Gasteiger partial charge in [0.2, 0.25) is 0 Å². The maximum absolute atomic E-state index is 11.9. The summed E-state index contributed by atoms with van der Waals surface area (Å²) in [6, 6.07) is 10.3. The summed E-state index contributed by atoms with van der Waals surface area (Å²) < 4.78 is 10.0. The van der Waals surface area contributed by atoms with Gasteiger partial charge in [0.15, 0.2) is 0 Å². The number of hydrogen-bond acceptors (Lipinski definition) is 6. The molecule has 3 rings (SSSR count). The third-order valence-corrected chi connectivity index (χ3v) is 4.06. The fourth-order valence-electron chi connectivity index (χ4n) is 2.51. The van der Waals surface area contributed by atoms with Crippen molar-refractivity contribution in [1.82, 2.24) is 4.98 Å². The van der Waals surface area contributed by atoms with Crippen molar-refractivity contribution in [2.75, 3.05) is 12.4 Å². The Balaban J connectivity index is 0.000000351. The van der Waals surface area contributed by atoms with Crippen LogP contribution in [0.15, 0.2) is 42.6 Å². The SMILES string of the molecule is CC.COC(=O)c1cc(NC(=O)C2CCC(C)O2)ccn1.Cc1ccccc1O. The number of ether oxygens (including phenoxy) is 2. The quantitative estimate of drug-likeness (QED) is 0.750. The average molecular weight is 402 g/mol. The minimum Gasteiger partial charge on any atom is -0.508 e. The Morgan fingerprint density at radius 3 is 2.41 bits per heavy atom. The predicted octanol–water partition coefficient (Wildman–Crippen LogP) is 4.10. The number of aromatic nitrogens is 1. The number of methoxy groups -OCH3 is 1. The highest BCUT2D eigenvalue weighted by Crippen LogP contribution is 2.20. The van der Waals surface area contributed by atoms with Gasteiger partial charge in [-0.05, 0) is 50.5 Å². The zero-order valence-electron chi connectivity index (χ0n) is 17.6. The minimum absolute atomic E-state index is 0.110. The van der Waals surface area contributed by atoms with E-state index in [9.17, 15) is 9.59 Å². The van der Waals surface area contributed by atoms with Gasteiger partial charge in [-0.1, -0.05) is 32.0 Å². The molecule has 1 aromatic carbocycles. The van der Waals surface area contributed by atoms with Crippen LogP contribution >= 0.6 is 0 Å². The molecule has 29 heavy (non-hydrogen) atoms. The molecule has 2 atom stereocenters. The molecular weight excluding hydrogens is 372 g/mol. The molecule has 0 aliphatic carbocycles. The molecule has 1 saturated heterocycles. The number of esters is 1. The van der Waals surface area contributed by atoms with Crippen molar-refractivity contribution in [3.8, 4) is 5.75 Å². The van der Waals surface area contributed by atoms with Crippen LogP contribution in [0.1, 0.15) is 49.7 Å². The fourth-order valence-corrected chi connectivity index (χ4v) is 2.51. The first kappa shape index (κ1) is 24.1. The second-order valence-electron chi connectivity index (χ2n) is 6.21. The van der Waals surface area contributed by atoms with Gasteiger partial charge in [0, 0.05) is 11.9 Å². The maximum atomic E-state index is 11.9. The zero-order chi connectivity index (χ0) is 21.8. The van der Waals surface area contributed by atoms with Gasteiger partial charge in [-0.15, -0.1) is 0 Å². The number of aryl methyl sites for hydroxylation is 1. The molecule has 0 radical (unpaired) electrons. The van der Waals surface area contributed by atoms with E-state index in [0.29, 0.717) is 17.9 Å². The number of anilines is 1. The number of amides is 1. The van der Waals surface area contributed by atoms with E-state index in [0.717, 1.165) is 12.0 Å². The van der Waals surface area contributed by atoms with Crippen LogP contribution in [0, 0.1) is 6.92 Å². The zero-order valence-corrected chi connectivity index (χ0v) is 17.6. The van der Waals surface area contributed by atoms with Crippen LogP contribution in [-0.2, 0) is 14.3 Å². The Morgan fingerprint density at radius 2 is 1.90 bits per heavy atom. The molecule has 0 bridgehead atoms. The Bertz CT molecular complexity index is 773. The average Bonchev–Trinajstić information content (AvgIpc) is 3.18. The van der Waals surface area contributed by atoms with E-state index in [1.807, 2.05) is 45.9 Å². The van der Waals surface area contributed by atoms with Gasteiger partial charge < -0.3 is 19.9 Å². The van der Waals surface area contributed by atoms with E-state index < -0.39 is 12.1 Å². The molecule has 158 valence electrons. The standard InChI is InChI=1S/C13H16N2O4.C7H8O.C2H6/c1-8-3-4-11(19-8)12(16)15-9-5-6-14-10(7-9)13(17)18-2;1-6-4-2-3-5-7(6)8;1-2/h5-8,11H,3-4H2,1-2H3,(H,14,15,16);2-5,8H,1H3;1-2H3. The van der Waals surface area contributed by atoms with E-state index in [1.54, 1.807) is 12.1 Å². The number of aromatic hydroxyl groups is 1. The number of rotatable bonds is 3. The van der Waals surface area contributed by atoms with Crippen molar-refractivity contribution in [1.29, 1.82) is 0 Å². The molecule has 1 aromatic heterocycles. The third-order valence-electron chi connectivity index (χ3n) is 4.06. The highest BCUT2D eigenvalue weighted by Gasteiger charge is 2.28. The molecule has 2 N–H and O–H groups in total. The van der Waals surface area contributed by atoms with Crippen LogP contribution in [0.2, 0.25) is 0 Å². The molecule has 7 heteroatoms. The van der Waals surface area contributed by atoms with E-state index in [2.05, 4.69) is 15.0 Å². The largest absolute Gasteiger partial charge is 0.508 e. The first-order valence-electron chi connectivity index (χ1n) is 9.66. The second-order valence-corrected chi connectivity index (χ2v) is 6.21. The number of carbonyl (C=O) groups excluding carboxylic acids is 2. The smallest absolute Gasteiger partial charge is 0.356 e. The van der Waals surface area contributed by atoms with Gasteiger partial charge in [0.05, 0.1) is 13.2 Å². The maximum Gasteiger partial charge on any atom is 0.356 e. The lowest BCUT2D eigenvalue weighted by Gasteiger charge is -2.11. The lowest BCUT2D eigenvalue weighted by molar-refractivity contribution is -0.126. The number of carbonyl (C=O) groups is 2. The molecule has 1 amide bonds. The predicted molar refractivity (Wildman–Crippen MR) is 112 cm³/mol. The fraction of sp³-hybridized carbons (Fsp3) is 0.409. The summed E-state index contributed by atoms with van der Waals surface area (Å²) in [5, 5.41) is 11.6. The van der Waals surface area contributed by atoms with Gasteiger partial charge >= 0.3 is 5.97 Å². The summed E-state index contributed by atoms with van der Waals surface area (Å²) in [7, 11) is 1.28. The number of nitrogens with one attached hydrogen (secondary N) is 1. The van der Waals surface area contributed by atoms with E-state index in [-0.39, 0.29) is 17.7 Å². The van der Waals surface area contributed by atoms with E-state index in [1.165, 1.54) is 19.4 Å². The Hall–Kier alpha value is -2.93. The van der Waals surface area contributed by atoms with Crippen molar-refractivity contribution < 1.29 is 24.2 Å². The number of benzene rings is 1. The first-order chi connectivity index (χ1) is 13.9. The summed E-state index contributed by atoms with van der Waals surface area (Å²) in [6.45, 7) is 7.81. The van der Waals surface area contributed by atoms with Gasteiger partial charge in [0.25, 0.3) is 5.91 Å². The van der Waals surface area contributed by atoms with Gasteiger partial charge in [-0.25, -0.2) is 9.78 Å². The van der Waals surface area contributed by atoms with Crippen LogP contribution in [-0.4, -0.2) is 41.3 Å². The highest BCUT2D eigenvalue weighted by molar-refractivity contribution is 5.95. The van der Waals surface area contributed by atoms with E-state index in [4.69, 9.17) is 9.84 Å². The Morgan fingerprint density at radius 1 is 1.21 bits per heavy atom. The number of phenolic OH excluding ortho intramolecular Hbond substituents is 1.